The number of hydrogen-bond donors (Lipinski definition) is 1. The summed E-state index contributed by atoms with van der Waals surface area (Å²) in [5, 5.41) is 3.38. The first kappa shape index (κ1) is 21.7. The van der Waals surface area contributed by atoms with E-state index in [1.807, 2.05) is 6.07 Å². The van der Waals surface area contributed by atoms with E-state index in [-0.39, 0.29) is 5.92 Å². The van der Waals surface area contributed by atoms with Gasteiger partial charge in [-0.15, -0.1) is 0 Å². The maximum absolute atomic E-state index is 13.0. The fraction of sp³-hybridized carbons (Fsp3) is 0.542. The third-order valence-corrected chi connectivity index (χ3v) is 5.87. The molecule has 0 aliphatic carbocycles. The number of anilines is 1. The van der Waals surface area contributed by atoms with Crippen LogP contribution in [-0.2, 0) is 19.0 Å². The van der Waals surface area contributed by atoms with E-state index in [0.29, 0.717) is 0 Å². The Labute approximate surface area is 171 Å². The molecular weight excluding hydrogens is 373 g/mol. The van der Waals surface area contributed by atoms with Gasteiger partial charge in [-0.2, -0.15) is 13.2 Å². The van der Waals surface area contributed by atoms with Crippen molar-refractivity contribution in [1.29, 1.82) is 0 Å². The second-order valence-corrected chi connectivity index (χ2v) is 8.02. The Morgan fingerprint density at radius 1 is 1.07 bits per heavy atom. The molecule has 158 valence electrons. The van der Waals surface area contributed by atoms with Crippen LogP contribution in [0.1, 0.15) is 80.2 Å². The summed E-state index contributed by atoms with van der Waals surface area (Å²) in [6.07, 6.45) is 5.21. The number of unbranched alkanes of at least 4 members (excludes halogenated alkanes) is 3. The molecule has 2 heterocycles. The molecule has 0 amide bonds. The summed E-state index contributed by atoms with van der Waals surface area (Å²) in [6, 6.07) is 10.2. The largest absolute Gasteiger partial charge is 0.416 e. The highest BCUT2D eigenvalue weighted by Crippen LogP contribution is 2.33. The fourth-order valence-corrected chi connectivity index (χ4v) is 4.13. The van der Waals surface area contributed by atoms with Crippen molar-refractivity contribution in [2.75, 3.05) is 11.9 Å². The van der Waals surface area contributed by atoms with Crippen molar-refractivity contribution in [2.45, 2.75) is 76.8 Å². The van der Waals surface area contributed by atoms with Gasteiger partial charge in [0.05, 0.1) is 5.56 Å². The molecule has 3 rings (SSSR count). The van der Waals surface area contributed by atoms with Crippen LogP contribution in [0.2, 0.25) is 0 Å². The molecule has 0 saturated carbocycles. The monoisotopic (exact) mass is 404 g/mol. The standard InChI is InChI=1S/C24H31F3N2/c1-2-18(20-10-7-12-21(17-20)24(25,26)27)9-5-3-4-6-13-22-15-14-19-11-8-16-28-23(19)29-22/h7,10,12,14-15,17-18H,2-6,8-9,11,13,16H2,1H3,(H,28,29)/t18-/m1/s1. The average Bonchev–Trinajstić information content (AvgIpc) is 2.72. The number of rotatable bonds is 9. The fourth-order valence-electron chi connectivity index (χ4n) is 4.13. The van der Waals surface area contributed by atoms with E-state index in [2.05, 4.69) is 24.4 Å². The quantitative estimate of drug-likeness (QED) is 0.449. The summed E-state index contributed by atoms with van der Waals surface area (Å²) in [6.45, 7) is 3.06. The molecule has 1 aliphatic heterocycles. The van der Waals surface area contributed by atoms with Crippen molar-refractivity contribution in [3.05, 3.63) is 58.8 Å². The molecule has 0 radical (unpaired) electrons. The Balaban J connectivity index is 1.40. The van der Waals surface area contributed by atoms with E-state index < -0.39 is 11.7 Å². The molecule has 0 unspecified atom stereocenters. The van der Waals surface area contributed by atoms with Crippen molar-refractivity contribution in [3.63, 3.8) is 0 Å². The van der Waals surface area contributed by atoms with Crippen LogP contribution in [0, 0.1) is 0 Å². The third-order valence-electron chi connectivity index (χ3n) is 5.87. The van der Waals surface area contributed by atoms with Gasteiger partial charge in [-0.05, 0) is 67.7 Å². The molecule has 29 heavy (non-hydrogen) atoms. The number of benzene rings is 1. The topological polar surface area (TPSA) is 24.9 Å². The second-order valence-electron chi connectivity index (χ2n) is 8.02. The zero-order valence-electron chi connectivity index (χ0n) is 17.2. The van der Waals surface area contributed by atoms with Crippen LogP contribution in [0.25, 0.3) is 0 Å². The van der Waals surface area contributed by atoms with Crippen molar-refractivity contribution in [1.82, 2.24) is 4.98 Å². The van der Waals surface area contributed by atoms with Gasteiger partial charge in [-0.3, -0.25) is 0 Å². The molecule has 2 nitrogen and oxygen atoms in total. The van der Waals surface area contributed by atoms with Crippen LogP contribution in [-0.4, -0.2) is 11.5 Å². The normalized spacial score (nSPS) is 14.9. The van der Waals surface area contributed by atoms with Crippen molar-refractivity contribution in [2.24, 2.45) is 0 Å². The molecule has 5 heteroatoms. The molecule has 0 fully saturated rings. The number of pyridine rings is 1. The zero-order chi connectivity index (χ0) is 20.7. The highest BCUT2D eigenvalue weighted by Gasteiger charge is 2.30. The van der Waals surface area contributed by atoms with Crippen LogP contribution in [0.5, 0.6) is 0 Å². The number of nitrogens with zero attached hydrogens (tertiary/aromatic N) is 1. The first-order valence-corrected chi connectivity index (χ1v) is 10.9. The number of alkyl halides is 3. The van der Waals surface area contributed by atoms with Crippen molar-refractivity contribution in [3.8, 4) is 0 Å². The maximum Gasteiger partial charge on any atom is 0.416 e. The van der Waals surface area contributed by atoms with Gasteiger partial charge in [0.25, 0.3) is 0 Å². The first-order valence-electron chi connectivity index (χ1n) is 10.9. The van der Waals surface area contributed by atoms with Crippen LogP contribution >= 0.6 is 0 Å². The van der Waals surface area contributed by atoms with Crippen LogP contribution in [0.15, 0.2) is 36.4 Å². The van der Waals surface area contributed by atoms with E-state index in [1.54, 1.807) is 0 Å². The van der Waals surface area contributed by atoms with Crippen molar-refractivity contribution < 1.29 is 13.2 Å². The molecule has 1 aromatic heterocycles. The Kier molecular flexibility index (Phi) is 7.57. The number of halogens is 3. The summed E-state index contributed by atoms with van der Waals surface area (Å²) in [5.74, 6) is 1.26. The number of fused-ring (bicyclic) bond motifs is 1. The minimum Gasteiger partial charge on any atom is -0.370 e. The molecule has 0 bridgehead atoms. The summed E-state index contributed by atoms with van der Waals surface area (Å²) < 4.78 is 38.9. The van der Waals surface area contributed by atoms with Crippen LogP contribution < -0.4 is 5.32 Å². The minimum atomic E-state index is -4.27. The van der Waals surface area contributed by atoms with E-state index in [0.717, 1.165) is 81.1 Å². The number of nitrogens with one attached hydrogen (secondary N) is 1. The predicted molar refractivity (Wildman–Crippen MR) is 112 cm³/mol. The Bertz CT molecular complexity index is 786. The SMILES string of the molecule is CC[C@H](CCCCCCc1ccc2c(n1)NCCC2)c1cccc(C(F)(F)F)c1. The van der Waals surface area contributed by atoms with Gasteiger partial charge in [0.1, 0.15) is 5.82 Å². The molecule has 0 spiro atoms. The summed E-state index contributed by atoms with van der Waals surface area (Å²) in [4.78, 5) is 4.74. The van der Waals surface area contributed by atoms with Gasteiger partial charge in [0, 0.05) is 12.2 Å². The van der Waals surface area contributed by atoms with E-state index in [9.17, 15) is 13.2 Å². The lowest BCUT2D eigenvalue weighted by atomic mass is 9.89. The second kappa shape index (κ2) is 10.1. The summed E-state index contributed by atoms with van der Waals surface area (Å²) in [5.41, 5.74) is 2.74. The van der Waals surface area contributed by atoms with E-state index in [4.69, 9.17) is 4.98 Å². The van der Waals surface area contributed by atoms with Gasteiger partial charge < -0.3 is 5.32 Å². The van der Waals surface area contributed by atoms with E-state index >= 15 is 0 Å². The third kappa shape index (κ3) is 6.22. The summed E-state index contributed by atoms with van der Waals surface area (Å²) in [7, 11) is 0. The first-order chi connectivity index (χ1) is 14.0. The van der Waals surface area contributed by atoms with Gasteiger partial charge in [-0.1, -0.05) is 50.5 Å². The van der Waals surface area contributed by atoms with Crippen molar-refractivity contribution >= 4 is 5.82 Å². The molecule has 1 atom stereocenters. The molecule has 1 N–H and O–H groups in total. The van der Waals surface area contributed by atoms with Gasteiger partial charge >= 0.3 is 6.18 Å². The number of hydrogen-bond acceptors (Lipinski definition) is 2. The van der Waals surface area contributed by atoms with E-state index in [1.165, 1.54) is 24.1 Å². The lowest BCUT2D eigenvalue weighted by molar-refractivity contribution is -0.137. The Hall–Kier alpha value is -2.04. The smallest absolute Gasteiger partial charge is 0.370 e. The Morgan fingerprint density at radius 3 is 2.69 bits per heavy atom. The highest BCUT2D eigenvalue weighted by atomic mass is 19.4. The summed E-state index contributed by atoms with van der Waals surface area (Å²) >= 11 is 0. The molecular formula is C24H31F3N2. The molecule has 1 aliphatic rings. The molecule has 1 aromatic carbocycles. The average molecular weight is 405 g/mol. The lowest BCUT2D eigenvalue weighted by Gasteiger charge is -2.18. The van der Waals surface area contributed by atoms with Crippen LogP contribution in [0.4, 0.5) is 19.0 Å². The van der Waals surface area contributed by atoms with Gasteiger partial charge in [-0.25, -0.2) is 4.98 Å². The maximum atomic E-state index is 13.0. The molecule has 0 saturated heterocycles. The zero-order valence-corrected chi connectivity index (χ0v) is 17.2. The molecule has 2 aromatic rings. The van der Waals surface area contributed by atoms with Gasteiger partial charge in [0.2, 0.25) is 0 Å². The Morgan fingerprint density at radius 2 is 1.90 bits per heavy atom. The predicted octanol–water partition coefficient (Wildman–Crippen LogP) is 7.15. The number of aryl methyl sites for hydroxylation is 2. The minimum absolute atomic E-state index is 0.200. The number of aromatic nitrogens is 1. The van der Waals surface area contributed by atoms with Crippen LogP contribution in [0.3, 0.4) is 0 Å². The highest BCUT2D eigenvalue weighted by molar-refractivity contribution is 5.47. The van der Waals surface area contributed by atoms with Gasteiger partial charge in [0.15, 0.2) is 0 Å². The lowest BCUT2D eigenvalue weighted by Crippen LogP contribution is -2.13.